The lowest BCUT2D eigenvalue weighted by Gasteiger charge is -2.30. The first-order chi connectivity index (χ1) is 17.6. The van der Waals surface area contributed by atoms with Crippen LogP contribution in [0.5, 0.6) is 0 Å². The lowest BCUT2D eigenvalue weighted by atomic mass is 9.76. The average Bonchev–Trinajstić information content (AvgIpc) is 3.28. The Morgan fingerprint density at radius 3 is 2.54 bits per heavy atom. The molecule has 37 heavy (non-hydrogen) atoms. The number of methoxy groups -OCH3 is 1. The van der Waals surface area contributed by atoms with Crippen LogP contribution in [0.1, 0.15) is 58.3 Å². The van der Waals surface area contributed by atoms with Gasteiger partial charge in [0.05, 0.1) is 18.7 Å². The van der Waals surface area contributed by atoms with Gasteiger partial charge in [0.15, 0.2) is 11.5 Å². The van der Waals surface area contributed by atoms with E-state index in [0.717, 1.165) is 16.3 Å². The molecule has 3 aromatic rings. The monoisotopic (exact) mass is 511 g/mol. The number of fused-ring (bicyclic) bond motifs is 1. The topological polar surface area (TPSA) is 115 Å². The van der Waals surface area contributed by atoms with Crippen molar-refractivity contribution >= 4 is 23.4 Å². The molecule has 2 N–H and O–H groups in total. The molecule has 0 spiro atoms. The van der Waals surface area contributed by atoms with E-state index in [1.54, 1.807) is 19.1 Å². The maximum Gasteiger partial charge on any atom is 0.311 e. The zero-order valence-corrected chi connectivity index (χ0v) is 20.7. The van der Waals surface area contributed by atoms with Crippen LogP contribution in [0.3, 0.4) is 0 Å². The molecule has 4 rings (SSSR count). The molecule has 2 amide bonds. The third kappa shape index (κ3) is 5.50. The van der Waals surface area contributed by atoms with Gasteiger partial charge in [0.25, 0.3) is 11.8 Å². The van der Waals surface area contributed by atoms with Crippen LogP contribution in [0, 0.1) is 24.0 Å². The maximum atomic E-state index is 14.3. The zero-order valence-electron chi connectivity index (χ0n) is 20.7. The van der Waals surface area contributed by atoms with Gasteiger partial charge in [0.2, 0.25) is 0 Å². The summed E-state index contributed by atoms with van der Waals surface area (Å²) in [4.78, 5) is 41.8. The van der Waals surface area contributed by atoms with Crippen LogP contribution in [0.25, 0.3) is 5.65 Å². The molecule has 11 heteroatoms. The Morgan fingerprint density at radius 2 is 1.86 bits per heavy atom. The summed E-state index contributed by atoms with van der Waals surface area (Å²) in [7, 11) is 1.36. The molecule has 0 saturated heterocycles. The predicted octanol–water partition coefficient (Wildman–Crippen LogP) is 3.27. The van der Waals surface area contributed by atoms with Crippen molar-refractivity contribution in [2.45, 2.75) is 39.7 Å². The lowest BCUT2D eigenvalue weighted by Crippen LogP contribution is -2.33. The van der Waals surface area contributed by atoms with Gasteiger partial charge in [0, 0.05) is 19.2 Å². The highest BCUT2D eigenvalue weighted by molar-refractivity contribution is 5.98. The summed E-state index contributed by atoms with van der Waals surface area (Å²) < 4.78 is 33.7. The van der Waals surface area contributed by atoms with E-state index in [0.29, 0.717) is 30.4 Å². The summed E-state index contributed by atoms with van der Waals surface area (Å²) in [6.45, 7) is 3.77. The van der Waals surface area contributed by atoms with E-state index in [2.05, 4.69) is 20.7 Å². The second-order valence-corrected chi connectivity index (χ2v) is 9.32. The number of benzene rings is 1. The minimum absolute atomic E-state index is 0.0625. The number of ether oxygens (including phenoxy) is 1. The normalized spacial score (nSPS) is 17.3. The number of hydrogen-bond acceptors (Lipinski definition) is 6. The highest BCUT2D eigenvalue weighted by Gasteiger charge is 2.35. The SMILES string of the molecule is COC(=O)C1(C)CC=C(CNC(=O)c2cc(C(=O)NCc3ccc(F)c(C)c3)nc3c(F)cnn23)CC1. The van der Waals surface area contributed by atoms with Crippen LogP contribution in [0.15, 0.2) is 42.1 Å². The molecule has 1 aliphatic carbocycles. The second-order valence-electron chi connectivity index (χ2n) is 9.32. The number of nitrogens with zero attached hydrogens (tertiary/aromatic N) is 3. The molecule has 2 aromatic heterocycles. The maximum absolute atomic E-state index is 14.3. The van der Waals surface area contributed by atoms with E-state index in [4.69, 9.17) is 4.74 Å². The minimum atomic E-state index is -0.782. The van der Waals surface area contributed by atoms with Crippen LogP contribution < -0.4 is 10.6 Å². The predicted molar refractivity (Wildman–Crippen MR) is 130 cm³/mol. The van der Waals surface area contributed by atoms with Gasteiger partial charge in [-0.1, -0.05) is 23.8 Å². The minimum Gasteiger partial charge on any atom is -0.469 e. The number of aromatic nitrogens is 3. The van der Waals surface area contributed by atoms with Gasteiger partial charge < -0.3 is 15.4 Å². The van der Waals surface area contributed by atoms with Gasteiger partial charge >= 0.3 is 5.97 Å². The third-order valence-corrected chi connectivity index (χ3v) is 6.56. The summed E-state index contributed by atoms with van der Waals surface area (Å²) in [6, 6.07) is 5.70. The van der Waals surface area contributed by atoms with Gasteiger partial charge in [-0.25, -0.2) is 18.3 Å². The van der Waals surface area contributed by atoms with E-state index in [-0.39, 0.29) is 41.9 Å². The summed E-state index contributed by atoms with van der Waals surface area (Å²) in [6.07, 6.45) is 4.51. The average molecular weight is 512 g/mol. The zero-order chi connectivity index (χ0) is 26.7. The van der Waals surface area contributed by atoms with Crippen LogP contribution in [-0.2, 0) is 16.1 Å². The van der Waals surface area contributed by atoms with Gasteiger partial charge in [-0.05, 0) is 50.3 Å². The highest BCUT2D eigenvalue weighted by atomic mass is 19.1. The number of carbonyl (C=O) groups excluding carboxylic acids is 3. The van der Waals surface area contributed by atoms with Crippen LogP contribution >= 0.6 is 0 Å². The van der Waals surface area contributed by atoms with Gasteiger partial charge in [-0.15, -0.1) is 0 Å². The van der Waals surface area contributed by atoms with Crippen molar-refractivity contribution in [2.24, 2.45) is 5.41 Å². The first kappa shape index (κ1) is 25.9. The van der Waals surface area contributed by atoms with E-state index in [1.807, 2.05) is 13.0 Å². The van der Waals surface area contributed by atoms with Crippen molar-refractivity contribution in [2.75, 3.05) is 13.7 Å². The van der Waals surface area contributed by atoms with Crippen molar-refractivity contribution in [1.82, 2.24) is 25.2 Å². The van der Waals surface area contributed by atoms with Crippen molar-refractivity contribution in [3.8, 4) is 0 Å². The fourth-order valence-corrected chi connectivity index (χ4v) is 4.19. The Hall–Kier alpha value is -4.15. The highest BCUT2D eigenvalue weighted by Crippen LogP contribution is 2.35. The van der Waals surface area contributed by atoms with Crippen molar-refractivity contribution in [1.29, 1.82) is 0 Å². The molecular weight excluding hydrogens is 484 g/mol. The number of esters is 1. The Morgan fingerprint density at radius 1 is 1.11 bits per heavy atom. The Balaban J connectivity index is 1.49. The number of nitrogens with one attached hydrogen (secondary N) is 2. The molecule has 1 aromatic carbocycles. The molecule has 0 fully saturated rings. The second kappa shape index (κ2) is 10.5. The molecule has 0 saturated carbocycles. The number of halogens is 2. The molecule has 194 valence electrons. The molecule has 0 radical (unpaired) electrons. The largest absolute Gasteiger partial charge is 0.469 e. The number of carbonyl (C=O) groups is 3. The molecule has 9 nitrogen and oxygen atoms in total. The van der Waals surface area contributed by atoms with Crippen LogP contribution in [0.2, 0.25) is 0 Å². The van der Waals surface area contributed by atoms with E-state index in [9.17, 15) is 23.2 Å². The summed E-state index contributed by atoms with van der Waals surface area (Å²) in [5.74, 6) is -2.60. The quantitative estimate of drug-likeness (QED) is 0.372. The van der Waals surface area contributed by atoms with E-state index >= 15 is 0 Å². The van der Waals surface area contributed by atoms with E-state index < -0.39 is 23.0 Å². The smallest absolute Gasteiger partial charge is 0.311 e. The van der Waals surface area contributed by atoms with Gasteiger partial charge in [-0.3, -0.25) is 14.4 Å². The first-order valence-electron chi connectivity index (χ1n) is 11.7. The summed E-state index contributed by atoms with van der Waals surface area (Å²) >= 11 is 0. The van der Waals surface area contributed by atoms with Crippen molar-refractivity contribution in [3.63, 3.8) is 0 Å². The van der Waals surface area contributed by atoms with Gasteiger partial charge in [0.1, 0.15) is 17.2 Å². The Kier molecular flexibility index (Phi) is 7.33. The number of allylic oxidation sites excluding steroid dienone is 1. The summed E-state index contributed by atoms with van der Waals surface area (Å²) in [5.41, 5.74) is 0.969. The fraction of sp³-hybridized carbons (Fsp3) is 0.346. The number of amides is 2. The fourth-order valence-electron chi connectivity index (χ4n) is 4.19. The molecule has 1 atom stereocenters. The molecule has 2 heterocycles. The molecule has 1 unspecified atom stereocenters. The molecule has 0 aliphatic heterocycles. The Bertz CT molecular complexity index is 1420. The van der Waals surface area contributed by atoms with Crippen molar-refractivity contribution < 1.29 is 27.9 Å². The Labute approximate surface area is 211 Å². The van der Waals surface area contributed by atoms with E-state index in [1.165, 1.54) is 19.2 Å². The van der Waals surface area contributed by atoms with Crippen LogP contribution in [0.4, 0.5) is 8.78 Å². The van der Waals surface area contributed by atoms with Crippen molar-refractivity contribution in [3.05, 3.63) is 76.3 Å². The standard InChI is InChI=1S/C26H27F2N5O4/c1-15-10-17(4-5-18(15)27)13-29-23(34)20-11-21(33-22(32-20)19(28)14-31-33)24(35)30-12-16-6-8-26(2,9-7-16)25(36)37-3/h4-6,10-11,14H,7-9,12-13H2,1-3H3,(H,29,34)(H,30,35). The third-order valence-electron chi connectivity index (χ3n) is 6.56. The number of hydrogen-bond donors (Lipinski definition) is 2. The van der Waals surface area contributed by atoms with Gasteiger partial charge in [-0.2, -0.15) is 5.10 Å². The number of rotatable bonds is 7. The first-order valence-corrected chi connectivity index (χ1v) is 11.7. The lowest BCUT2D eigenvalue weighted by molar-refractivity contribution is -0.152. The molecular formula is C26H27F2N5O4. The molecule has 1 aliphatic rings. The summed E-state index contributed by atoms with van der Waals surface area (Å²) in [5, 5.41) is 9.31. The number of aryl methyl sites for hydroxylation is 1. The molecule has 0 bridgehead atoms. The van der Waals surface area contributed by atoms with Crippen LogP contribution in [-0.4, -0.2) is 46.0 Å².